The van der Waals surface area contributed by atoms with Gasteiger partial charge in [-0.1, -0.05) is 70.2 Å². The minimum atomic E-state index is -0.237. The van der Waals surface area contributed by atoms with Crippen molar-refractivity contribution in [2.45, 2.75) is 58.9 Å². The van der Waals surface area contributed by atoms with Gasteiger partial charge in [0.15, 0.2) is 0 Å². The van der Waals surface area contributed by atoms with Crippen LogP contribution >= 0.6 is 0 Å². The average molecular weight is 379 g/mol. The van der Waals surface area contributed by atoms with Crippen molar-refractivity contribution in [1.82, 2.24) is 4.90 Å². The van der Waals surface area contributed by atoms with Crippen molar-refractivity contribution in [1.29, 1.82) is 0 Å². The van der Waals surface area contributed by atoms with E-state index in [-0.39, 0.29) is 18.2 Å². The molecule has 4 heteroatoms. The molecular weight excluding hydrogens is 348 g/mol. The molecule has 148 valence electrons. The number of fused-ring (bicyclic) bond motifs is 1. The summed E-state index contributed by atoms with van der Waals surface area (Å²) in [6.45, 7) is 9.72. The van der Waals surface area contributed by atoms with Crippen LogP contribution in [-0.2, 0) is 22.6 Å². The number of rotatable bonds is 5. The molecule has 28 heavy (non-hydrogen) atoms. The van der Waals surface area contributed by atoms with Gasteiger partial charge in [-0.3, -0.25) is 9.59 Å². The molecule has 0 spiro atoms. The summed E-state index contributed by atoms with van der Waals surface area (Å²) in [6.07, 6.45) is 0.726. The first-order chi connectivity index (χ1) is 13.4. The van der Waals surface area contributed by atoms with Crippen molar-refractivity contribution in [3.63, 3.8) is 0 Å². The summed E-state index contributed by atoms with van der Waals surface area (Å²) in [4.78, 5) is 27.2. The molecule has 2 amide bonds. The fourth-order valence-corrected chi connectivity index (χ4v) is 3.84. The molecule has 0 bridgehead atoms. The van der Waals surface area contributed by atoms with Crippen LogP contribution in [0, 0.1) is 0 Å². The van der Waals surface area contributed by atoms with Gasteiger partial charge in [0.1, 0.15) is 6.42 Å². The molecule has 0 aromatic heterocycles. The zero-order valence-electron chi connectivity index (χ0n) is 17.3. The van der Waals surface area contributed by atoms with Gasteiger partial charge in [0.25, 0.3) is 0 Å². The normalized spacial score (nSPS) is 13.6. The SMILES string of the molecule is CC(C)c1cccc(C(C)C)c1NC(=O)CC(=O)N1CCc2ccccc2C1. The predicted octanol–water partition coefficient (Wildman–Crippen LogP) is 4.85. The molecule has 1 aliphatic heterocycles. The highest BCUT2D eigenvalue weighted by atomic mass is 16.2. The van der Waals surface area contributed by atoms with Gasteiger partial charge in [-0.05, 0) is 40.5 Å². The molecule has 1 heterocycles. The van der Waals surface area contributed by atoms with Gasteiger partial charge in [-0.25, -0.2) is 0 Å². The molecule has 0 saturated heterocycles. The Morgan fingerprint density at radius 2 is 1.54 bits per heavy atom. The van der Waals surface area contributed by atoms with Crippen LogP contribution in [-0.4, -0.2) is 23.3 Å². The number of hydrogen-bond donors (Lipinski definition) is 1. The minimum absolute atomic E-state index is 0.111. The fourth-order valence-electron chi connectivity index (χ4n) is 3.84. The lowest BCUT2D eigenvalue weighted by Crippen LogP contribution is -2.37. The van der Waals surface area contributed by atoms with Gasteiger partial charge >= 0.3 is 0 Å². The van der Waals surface area contributed by atoms with Crippen molar-refractivity contribution in [2.24, 2.45) is 0 Å². The maximum absolute atomic E-state index is 12.7. The van der Waals surface area contributed by atoms with E-state index in [1.807, 2.05) is 18.2 Å². The zero-order chi connectivity index (χ0) is 20.3. The molecular formula is C24H30N2O2. The van der Waals surface area contributed by atoms with E-state index in [1.165, 1.54) is 11.1 Å². The Bertz CT molecular complexity index is 844. The summed E-state index contributed by atoms with van der Waals surface area (Å²) >= 11 is 0. The quantitative estimate of drug-likeness (QED) is 0.756. The molecule has 1 aliphatic rings. The Balaban J connectivity index is 1.70. The summed E-state index contributed by atoms with van der Waals surface area (Å²) < 4.78 is 0. The van der Waals surface area contributed by atoms with Crippen molar-refractivity contribution >= 4 is 17.5 Å². The summed E-state index contributed by atoms with van der Waals surface area (Å²) in [5, 5.41) is 3.04. The Morgan fingerprint density at radius 3 is 2.14 bits per heavy atom. The second kappa shape index (κ2) is 8.59. The third-order valence-corrected chi connectivity index (χ3v) is 5.43. The lowest BCUT2D eigenvalue weighted by molar-refractivity contribution is -0.135. The third kappa shape index (κ3) is 4.44. The van der Waals surface area contributed by atoms with Crippen LogP contribution in [0.3, 0.4) is 0 Å². The first-order valence-corrected chi connectivity index (χ1v) is 10.1. The Hall–Kier alpha value is -2.62. The number of para-hydroxylation sites is 1. The molecule has 0 atom stereocenters. The summed E-state index contributed by atoms with van der Waals surface area (Å²) in [7, 11) is 0. The van der Waals surface area contributed by atoms with Crippen molar-refractivity contribution < 1.29 is 9.59 Å². The van der Waals surface area contributed by atoms with Gasteiger partial charge in [0.2, 0.25) is 11.8 Å². The molecule has 0 fully saturated rings. The third-order valence-electron chi connectivity index (χ3n) is 5.43. The molecule has 0 radical (unpaired) electrons. The smallest absolute Gasteiger partial charge is 0.233 e. The van der Waals surface area contributed by atoms with Gasteiger partial charge < -0.3 is 10.2 Å². The number of benzene rings is 2. The maximum atomic E-state index is 12.7. The number of hydrogen-bond acceptors (Lipinski definition) is 2. The first kappa shape index (κ1) is 20.1. The minimum Gasteiger partial charge on any atom is -0.338 e. The number of anilines is 1. The monoisotopic (exact) mass is 378 g/mol. The largest absolute Gasteiger partial charge is 0.338 e. The summed E-state index contributed by atoms with van der Waals surface area (Å²) in [5.41, 5.74) is 5.56. The zero-order valence-corrected chi connectivity index (χ0v) is 17.3. The van der Waals surface area contributed by atoms with Gasteiger partial charge in [0.05, 0.1) is 0 Å². The van der Waals surface area contributed by atoms with Crippen LogP contribution in [0.25, 0.3) is 0 Å². The topological polar surface area (TPSA) is 49.4 Å². The molecule has 2 aromatic carbocycles. The molecule has 1 N–H and O–H groups in total. The Morgan fingerprint density at radius 1 is 0.929 bits per heavy atom. The van der Waals surface area contributed by atoms with E-state index in [0.717, 1.165) is 23.2 Å². The fraction of sp³-hybridized carbons (Fsp3) is 0.417. The van der Waals surface area contributed by atoms with Crippen LogP contribution < -0.4 is 5.32 Å². The lowest BCUT2D eigenvalue weighted by atomic mass is 9.92. The number of carbonyl (C=O) groups excluding carboxylic acids is 2. The van der Waals surface area contributed by atoms with E-state index in [4.69, 9.17) is 0 Å². The molecule has 4 nitrogen and oxygen atoms in total. The van der Waals surface area contributed by atoms with E-state index < -0.39 is 0 Å². The second-order valence-corrected chi connectivity index (χ2v) is 8.18. The van der Waals surface area contributed by atoms with Crippen molar-refractivity contribution in [3.8, 4) is 0 Å². The number of nitrogens with one attached hydrogen (secondary N) is 1. The van der Waals surface area contributed by atoms with Gasteiger partial charge in [-0.15, -0.1) is 0 Å². The lowest BCUT2D eigenvalue weighted by Gasteiger charge is -2.29. The number of nitrogens with zero attached hydrogens (tertiary/aromatic N) is 1. The van der Waals surface area contributed by atoms with Crippen molar-refractivity contribution in [2.75, 3.05) is 11.9 Å². The molecule has 2 aromatic rings. The van der Waals surface area contributed by atoms with E-state index in [2.05, 4.69) is 57.3 Å². The standard InChI is InChI=1S/C24H30N2O2/c1-16(2)20-10-7-11-21(17(3)4)24(20)25-22(27)14-23(28)26-13-12-18-8-5-6-9-19(18)15-26/h5-11,16-17H,12-15H2,1-4H3,(H,25,27). The van der Waals surface area contributed by atoms with Crippen LogP contribution in [0.5, 0.6) is 0 Å². The first-order valence-electron chi connectivity index (χ1n) is 10.1. The van der Waals surface area contributed by atoms with Crippen molar-refractivity contribution in [3.05, 3.63) is 64.7 Å². The summed E-state index contributed by atoms with van der Waals surface area (Å²) in [5.74, 6) is 0.241. The number of carbonyl (C=O) groups is 2. The van der Waals surface area contributed by atoms with Gasteiger partial charge in [0, 0.05) is 18.8 Å². The molecule has 3 rings (SSSR count). The van der Waals surface area contributed by atoms with E-state index in [1.54, 1.807) is 4.90 Å². The Labute approximate surface area is 167 Å². The van der Waals surface area contributed by atoms with Gasteiger partial charge in [-0.2, -0.15) is 0 Å². The highest BCUT2D eigenvalue weighted by Crippen LogP contribution is 2.32. The van der Waals surface area contributed by atoms with E-state index in [0.29, 0.717) is 24.9 Å². The summed E-state index contributed by atoms with van der Waals surface area (Å²) in [6, 6.07) is 14.3. The van der Waals surface area contributed by atoms with Crippen LogP contribution in [0.1, 0.15) is 68.2 Å². The van der Waals surface area contributed by atoms with Crippen LogP contribution in [0.2, 0.25) is 0 Å². The number of amides is 2. The van der Waals surface area contributed by atoms with E-state index >= 15 is 0 Å². The second-order valence-electron chi connectivity index (χ2n) is 8.18. The molecule has 0 unspecified atom stereocenters. The average Bonchev–Trinajstić information content (AvgIpc) is 2.67. The predicted molar refractivity (Wildman–Crippen MR) is 113 cm³/mol. The highest BCUT2D eigenvalue weighted by Gasteiger charge is 2.23. The van der Waals surface area contributed by atoms with Crippen LogP contribution in [0.15, 0.2) is 42.5 Å². The molecule has 0 aliphatic carbocycles. The van der Waals surface area contributed by atoms with Crippen LogP contribution in [0.4, 0.5) is 5.69 Å². The molecule has 0 saturated carbocycles. The highest BCUT2D eigenvalue weighted by molar-refractivity contribution is 6.04. The van der Waals surface area contributed by atoms with E-state index in [9.17, 15) is 9.59 Å². The maximum Gasteiger partial charge on any atom is 0.233 e. The Kier molecular flexibility index (Phi) is 6.18.